The second-order valence-corrected chi connectivity index (χ2v) is 7.59. The molecule has 8 heteroatoms. The van der Waals surface area contributed by atoms with E-state index in [1.165, 1.54) is 6.26 Å². The molecule has 0 spiro atoms. The van der Waals surface area contributed by atoms with Gasteiger partial charge in [0.25, 0.3) is 5.91 Å². The van der Waals surface area contributed by atoms with Gasteiger partial charge in [-0.3, -0.25) is 9.69 Å². The van der Waals surface area contributed by atoms with Crippen molar-refractivity contribution in [1.29, 1.82) is 0 Å². The van der Waals surface area contributed by atoms with Gasteiger partial charge in [0.2, 0.25) is 12.7 Å². The third-order valence-electron chi connectivity index (χ3n) is 5.38. The van der Waals surface area contributed by atoms with Crippen LogP contribution >= 0.6 is 0 Å². The summed E-state index contributed by atoms with van der Waals surface area (Å²) in [5, 5.41) is 0. The van der Waals surface area contributed by atoms with E-state index >= 15 is 0 Å². The van der Waals surface area contributed by atoms with Crippen molar-refractivity contribution in [2.75, 3.05) is 27.5 Å². The second kappa shape index (κ2) is 9.74. The third kappa shape index (κ3) is 4.86. The van der Waals surface area contributed by atoms with Crippen LogP contribution in [0.25, 0.3) is 0 Å². The van der Waals surface area contributed by atoms with Gasteiger partial charge in [0.05, 0.1) is 13.7 Å². The summed E-state index contributed by atoms with van der Waals surface area (Å²) in [5.74, 6) is 2.63. The number of rotatable bonds is 9. The number of methoxy groups -OCH3 is 1. The highest BCUT2D eigenvalue weighted by Crippen LogP contribution is 2.33. The molecule has 4 rings (SSSR count). The highest BCUT2D eigenvalue weighted by atomic mass is 16.7. The fraction of sp³-hybridized carbons (Fsp3) is 0.333. The Bertz CT molecular complexity index is 1080. The van der Waals surface area contributed by atoms with Gasteiger partial charge in [-0.1, -0.05) is 24.3 Å². The van der Waals surface area contributed by atoms with Crippen LogP contribution in [0.5, 0.6) is 17.2 Å². The number of nitrogens with zero attached hydrogens (tertiary/aromatic N) is 3. The molecule has 1 aliphatic rings. The first-order chi connectivity index (χ1) is 15.6. The lowest BCUT2D eigenvalue weighted by molar-refractivity contribution is 0.0796. The number of hydrogen-bond acceptors (Lipinski definition) is 7. The minimum absolute atomic E-state index is 0.158. The van der Waals surface area contributed by atoms with Crippen LogP contribution in [0.3, 0.4) is 0 Å². The first-order valence-electron chi connectivity index (χ1n) is 10.5. The van der Waals surface area contributed by atoms with E-state index in [0.29, 0.717) is 37.8 Å². The number of fused-ring (bicyclic) bond motifs is 1. The van der Waals surface area contributed by atoms with Crippen LogP contribution in [0.1, 0.15) is 34.4 Å². The zero-order valence-electron chi connectivity index (χ0n) is 18.5. The summed E-state index contributed by atoms with van der Waals surface area (Å²) in [7, 11) is 3.40. The van der Waals surface area contributed by atoms with E-state index in [9.17, 15) is 4.79 Å². The van der Waals surface area contributed by atoms with E-state index in [1.54, 1.807) is 19.1 Å². The molecule has 0 aliphatic carbocycles. The lowest BCUT2D eigenvalue weighted by Gasteiger charge is -2.22. The second-order valence-electron chi connectivity index (χ2n) is 7.59. The van der Waals surface area contributed by atoms with Crippen LogP contribution in [0.15, 0.2) is 53.1 Å². The number of oxazole rings is 1. The Morgan fingerprint density at radius 3 is 2.72 bits per heavy atom. The average molecular weight is 437 g/mol. The first kappa shape index (κ1) is 21.7. The molecular weight excluding hydrogens is 410 g/mol. The predicted molar refractivity (Wildman–Crippen MR) is 118 cm³/mol. The SMILES string of the molecule is CCN(C)C(=O)c1coc(CN(Cc2ccc3c(c2)OCO3)Cc2ccccc2OC)n1. The van der Waals surface area contributed by atoms with Gasteiger partial charge >= 0.3 is 0 Å². The van der Waals surface area contributed by atoms with Crippen LogP contribution in [0.2, 0.25) is 0 Å². The number of benzene rings is 2. The third-order valence-corrected chi connectivity index (χ3v) is 5.38. The van der Waals surface area contributed by atoms with E-state index in [2.05, 4.69) is 9.88 Å². The normalized spacial score (nSPS) is 12.2. The maximum atomic E-state index is 12.4. The Hall–Kier alpha value is -3.52. The van der Waals surface area contributed by atoms with Gasteiger partial charge in [-0.25, -0.2) is 4.98 Å². The maximum Gasteiger partial charge on any atom is 0.275 e. The monoisotopic (exact) mass is 437 g/mol. The van der Waals surface area contributed by atoms with Gasteiger partial charge in [-0.05, 0) is 30.7 Å². The van der Waals surface area contributed by atoms with Gasteiger partial charge < -0.3 is 23.5 Å². The molecule has 32 heavy (non-hydrogen) atoms. The molecule has 1 aliphatic heterocycles. The van der Waals surface area contributed by atoms with E-state index in [0.717, 1.165) is 28.4 Å². The fourth-order valence-electron chi connectivity index (χ4n) is 3.55. The quantitative estimate of drug-likeness (QED) is 0.505. The van der Waals surface area contributed by atoms with Crippen LogP contribution in [-0.2, 0) is 19.6 Å². The Morgan fingerprint density at radius 1 is 1.09 bits per heavy atom. The van der Waals surface area contributed by atoms with Crippen molar-refractivity contribution in [3.63, 3.8) is 0 Å². The van der Waals surface area contributed by atoms with Crippen molar-refractivity contribution in [2.45, 2.75) is 26.6 Å². The smallest absolute Gasteiger partial charge is 0.275 e. The Balaban J connectivity index is 1.56. The minimum Gasteiger partial charge on any atom is -0.496 e. The largest absolute Gasteiger partial charge is 0.496 e. The van der Waals surface area contributed by atoms with Crippen LogP contribution < -0.4 is 14.2 Å². The lowest BCUT2D eigenvalue weighted by Crippen LogP contribution is -2.26. The number of carbonyl (C=O) groups is 1. The Kier molecular flexibility index (Phi) is 6.61. The maximum absolute atomic E-state index is 12.4. The van der Waals surface area contributed by atoms with Crippen LogP contribution in [0.4, 0.5) is 0 Å². The molecule has 0 N–H and O–H groups in total. The van der Waals surface area contributed by atoms with E-state index in [1.807, 2.05) is 49.4 Å². The standard InChI is InChI=1S/C24H27N3O5/c1-4-26(2)24(28)19-15-30-23(25-19)14-27(13-18-7-5-6-8-20(18)29-3)12-17-9-10-21-22(11-17)32-16-31-21/h5-11,15H,4,12-14,16H2,1-3H3. The van der Waals surface area contributed by atoms with Gasteiger partial charge in [-0.15, -0.1) is 0 Å². The van der Waals surface area contributed by atoms with Crippen LogP contribution in [0, 0.1) is 0 Å². The summed E-state index contributed by atoms with van der Waals surface area (Å²) in [6, 6.07) is 13.8. The molecule has 0 fully saturated rings. The molecule has 1 aromatic heterocycles. The number of carbonyl (C=O) groups excluding carboxylic acids is 1. The highest BCUT2D eigenvalue weighted by Gasteiger charge is 2.20. The first-order valence-corrected chi connectivity index (χ1v) is 10.5. The molecule has 0 radical (unpaired) electrons. The molecule has 1 amide bonds. The van der Waals surface area contributed by atoms with Crippen molar-refractivity contribution in [3.05, 3.63) is 71.4 Å². The Labute approximate surface area is 187 Å². The summed E-state index contributed by atoms with van der Waals surface area (Å²) in [6.07, 6.45) is 1.42. The van der Waals surface area contributed by atoms with Gasteiger partial charge in [-0.2, -0.15) is 0 Å². The molecule has 168 valence electrons. The summed E-state index contributed by atoms with van der Waals surface area (Å²) in [4.78, 5) is 20.6. The topological polar surface area (TPSA) is 77.3 Å². The van der Waals surface area contributed by atoms with Gasteiger partial charge in [0.1, 0.15) is 12.0 Å². The van der Waals surface area contributed by atoms with E-state index < -0.39 is 0 Å². The Morgan fingerprint density at radius 2 is 1.91 bits per heavy atom. The van der Waals surface area contributed by atoms with Crippen LogP contribution in [-0.4, -0.2) is 48.2 Å². The molecule has 2 heterocycles. The highest BCUT2D eigenvalue weighted by molar-refractivity contribution is 5.91. The van der Waals surface area contributed by atoms with Crippen molar-refractivity contribution < 1.29 is 23.4 Å². The summed E-state index contributed by atoms with van der Waals surface area (Å²) in [5.41, 5.74) is 2.42. The molecule has 0 saturated carbocycles. The van der Waals surface area contributed by atoms with E-state index in [-0.39, 0.29) is 12.7 Å². The summed E-state index contributed by atoms with van der Waals surface area (Å²) in [6.45, 7) is 4.41. The lowest BCUT2D eigenvalue weighted by atomic mass is 10.1. The number of amides is 1. The molecule has 0 saturated heterocycles. The summed E-state index contributed by atoms with van der Waals surface area (Å²) < 4.78 is 22.1. The van der Waals surface area contributed by atoms with Crippen molar-refractivity contribution in [3.8, 4) is 17.2 Å². The van der Waals surface area contributed by atoms with Crippen molar-refractivity contribution in [1.82, 2.24) is 14.8 Å². The molecule has 0 unspecified atom stereocenters. The fourth-order valence-corrected chi connectivity index (χ4v) is 3.55. The number of ether oxygens (including phenoxy) is 3. The number of para-hydroxylation sites is 1. The average Bonchev–Trinajstić information content (AvgIpc) is 3.47. The zero-order chi connectivity index (χ0) is 22.5. The van der Waals surface area contributed by atoms with Gasteiger partial charge in [0.15, 0.2) is 17.2 Å². The molecule has 2 aromatic carbocycles. The number of hydrogen-bond donors (Lipinski definition) is 0. The van der Waals surface area contributed by atoms with Gasteiger partial charge in [0, 0.05) is 32.2 Å². The van der Waals surface area contributed by atoms with E-state index in [4.69, 9.17) is 18.6 Å². The predicted octanol–water partition coefficient (Wildman–Crippen LogP) is 3.71. The van der Waals surface area contributed by atoms with Crippen molar-refractivity contribution in [2.24, 2.45) is 0 Å². The molecular formula is C24H27N3O5. The molecule has 8 nitrogen and oxygen atoms in total. The minimum atomic E-state index is -0.158. The summed E-state index contributed by atoms with van der Waals surface area (Å²) >= 11 is 0. The number of aromatic nitrogens is 1. The molecule has 0 bridgehead atoms. The van der Waals surface area contributed by atoms with Crippen molar-refractivity contribution >= 4 is 5.91 Å². The molecule has 0 atom stereocenters. The zero-order valence-corrected chi connectivity index (χ0v) is 18.5. The molecule has 3 aromatic rings.